The predicted molar refractivity (Wildman–Crippen MR) is 72.9 cm³/mol. The average Bonchev–Trinajstić information content (AvgIpc) is 2.44. The molecular formula is C15H21NO3. The lowest BCUT2D eigenvalue weighted by Gasteiger charge is -2.29. The van der Waals surface area contributed by atoms with Crippen molar-refractivity contribution in [2.75, 3.05) is 26.8 Å². The summed E-state index contributed by atoms with van der Waals surface area (Å²) in [5, 5.41) is 0. The van der Waals surface area contributed by atoms with Crippen molar-refractivity contribution in [1.29, 1.82) is 0 Å². The van der Waals surface area contributed by atoms with E-state index in [1.54, 1.807) is 11.9 Å². The molecule has 1 atom stereocenters. The van der Waals surface area contributed by atoms with Gasteiger partial charge >= 0.3 is 0 Å². The van der Waals surface area contributed by atoms with Gasteiger partial charge in [0.2, 0.25) is 5.91 Å². The molecule has 1 aromatic carbocycles. The summed E-state index contributed by atoms with van der Waals surface area (Å²) >= 11 is 0. The Hall–Kier alpha value is -1.39. The summed E-state index contributed by atoms with van der Waals surface area (Å²) in [7, 11) is 1.80. The Bertz CT molecular complexity index is 433. The third kappa shape index (κ3) is 3.78. The number of nitrogens with zero attached hydrogens (tertiary/aromatic N) is 1. The van der Waals surface area contributed by atoms with E-state index in [4.69, 9.17) is 9.47 Å². The number of fused-ring (bicyclic) bond motifs is 1. The normalized spacial score (nSPS) is 17.9. The maximum absolute atomic E-state index is 11.8. The number of ether oxygens (including phenoxy) is 2. The Labute approximate surface area is 114 Å². The predicted octanol–water partition coefficient (Wildman–Crippen LogP) is 1.62. The molecule has 0 radical (unpaired) electrons. The molecule has 1 aliphatic heterocycles. The highest BCUT2D eigenvalue weighted by molar-refractivity contribution is 5.77. The number of rotatable bonds is 5. The highest BCUT2D eigenvalue weighted by atomic mass is 16.5. The van der Waals surface area contributed by atoms with Crippen LogP contribution in [0.4, 0.5) is 0 Å². The average molecular weight is 263 g/mol. The number of likely N-dealkylation sites (N-methyl/N-ethyl adjacent to an activating group) is 1. The van der Waals surface area contributed by atoms with E-state index in [-0.39, 0.29) is 18.6 Å². The van der Waals surface area contributed by atoms with Crippen LogP contribution in [-0.4, -0.2) is 43.7 Å². The first kappa shape index (κ1) is 14.0. The summed E-state index contributed by atoms with van der Waals surface area (Å²) in [5.41, 5.74) is 2.58. The van der Waals surface area contributed by atoms with Crippen molar-refractivity contribution >= 4 is 5.91 Å². The maximum Gasteiger partial charge on any atom is 0.248 e. The van der Waals surface area contributed by atoms with Crippen LogP contribution in [0.15, 0.2) is 24.3 Å². The first-order chi connectivity index (χ1) is 9.20. The molecule has 1 heterocycles. The van der Waals surface area contributed by atoms with Gasteiger partial charge in [-0.2, -0.15) is 0 Å². The minimum Gasteiger partial charge on any atom is -0.372 e. The van der Waals surface area contributed by atoms with Crippen LogP contribution in [0.5, 0.6) is 0 Å². The van der Waals surface area contributed by atoms with E-state index < -0.39 is 0 Å². The Morgan fingerprint density at radius 2 is 2.16 bits per heavy atom. The smallest absolute Gasteiger partial charge is 0.248 e. The molecular weight excluding hydrogens is 242 g/mol. The summed E-state index contributed by atoms with van der Waals surface area (Å²) in [5.74, 6) is 0.00399. The molecule has 0 saturated heterocycles. The third-order valence-corrected chi connectivity index (χ3v) is 3.37. The highest BCUT2D eigenvalue weighted by Gasteiger charge is 2.21. The minimum atomic E-state index is 0.00399. The van der Waals surface area contributed by atoms with Crippen molar-refractivity contribution in [2.24, 2.45) is 0 Å². The van der Waals surface area contributed by atoms with Crippen molar-refractivity contribution in [3.8, 4) is 0 Å². The van der Waals surface area contributed by atoms with Crippen LogP contribution >= 0.6 is 0 Å². The Morgan fingerprint density at radius 1 is 1.42 bits per heavy atom. The number of carbonyl (C=O) groups excluding carboxylic acids is 1. The molecule has 0 bridgehead atoms. The maximum atomic E-state index is 11.8. The Balaban J connectivity index is 1.86. The van der Waals surface area contributed by atoms with Crippen LogP contribution in [0, 0.1) is 0 Å². The van der Waals surface area contributed by atoms with Gasteiger partial charge in [0.15, 0.2) is 0 Å². The van der Waals surface area contributed by atoms with Gasteiger partial charge in [0.25, 0.3) is 0 Å². The van der Waals surface area contributed by atoms with Crippen molar-refractivity contribution in [3.05, 3.63) is 35.4 Å². The molecule has 4 heteroatoms. The summed E-state index contributed by atoms with van der Waals surface area (Å²) in [4.78, 5) is 13.5. The molecule has 19 heavy (non-hydrogen) atoms. The highest BCUT2D eigenvalue weighted by Crippen LogP contribution is 2.20. The van der Waals surface area contributed by atoms with Crippen molar-refractivity contribution in [1.82, 2.24) is 4.90 Å². The molecule has 0 unspecified atom stereocenters. The number of hydrogen-bond acceptors (Lipinski definition) is 3. The van der Waals surface area contributed by atoms with E-state index in [1.807, 2.05) is 19.1 Å². The van der Waals surface area contributed by atoms with Gasteiger partial charge in [0, 0.05) is 26.6 Å². The fourth-order valence-corrected chi connectivity index (χ4v) is 2.23. The molecule has 0 aliphatic carbocycles. The van der Waals surface area contributed by atoms with Gasteiger partial charge in [-0.05, 0) is 18.1 Å². The van der Waals surface area contributed by atoms with E-state index in [0.29, 0.717) is 19.8 Å². The minimum absolute atomic E-state index is 0.00399. The topological polar surface area (TPSA) is 38.8 Å². The molecule has 0 spiro atoms. The van der Waals surface area contributed by atoms with E-state index in [2.05, 4.69) is 12.1 Å². The summed E-state index contributed by atoms with van der Waals surface area (Å²) < 4.78 is 10.9. The molecule has 2 rings (SSSR count). The number of benzene rings is 1. The van der Waals surface area contributed by atoms with Crippen LogP contribution in [0.3, 0.4) is 0 Å². The van der Waals surface area contributed by atoms with Crippen LogP contribution < -0.4 is 0 Å². The number of amides is 1. The zero-order chi connectivity index (χ0) is 13.7. The Morgan fingerprint density at radius 3 is 2.89 bits per heavy atom. The van der Waals surface area contributed by atoms with Gasteiger partial charge in [-0.3, -0.25) is 4.79 Å². The van der Waals surface area contributed by atoms with Crippen molar-refractivity contribution in [2.45, 2.75) is 26.1 Å². The zero-order valence-electron chi connectivity index (χ0n) is 11.6. The van der Waals surface area contributed by atoms with E-state index in [1.165, 1.54) is 11.1 Å². The Kier molecular flexibility index (Phi) is 4.93. The quantitative estimate of drug-likeness (QED) is 0.810. The molecule has 104 valence electrons. The van der Waals surface area contributed by atoms with Crippen LogP contribution in [0.2, 0.25) is 0 Å². The lowest BCUT2D eigenvalue weighted by atomic mass is 9.99. The summed E-state index contributed by atoms with van der Waals surface area (Å²) in [6.45, 7) is 3.84. The van der Waals surface area contributed by atoms with Gasteiger partial charge in [0.05, 0.1) is 12.7 Å². The molecule has 4 nitrogen and oxygen atoms in total. The van der Waals surface area contributed by atoms with Gasteiger partial charge in [-0.25, -0.2) is 0 Å². The monoisotopic (exact) mass is 263 g/mol. The number of carbonyl (C=O) groups is 1. The van der Waals surface area contributed by atoms with Crippen molar-refractivity contribution < 1.29 is 14.3 Å². The third-order valence-electron chi connectivity index (χ3n) is 3.37. The molecule has 1 aliphatic rings. The molecule has 1 aromatic rings. The lowest BCUT2D eigenvalue weighted by molar-refractivity contribution is -0.136. The van der Waals surface area contributed by atoms with Gasteiger partial charge in [0.1, 0.15) is 6.61 Å². The second-order valence-corrected chi connectivity index (χ2v) is 4.82. The van der Waals surface area contributed by atoms with Crippen molar-refractivity contribution in [3.63, 3.8) is 0 Å². The molecule has 0 N–H and O–H groups in total. The first-order valence-electron chi connectivity index (χ1n) is 6.70. The molecule has 1 amide bonds. The van der Waals surface area contributed by atoms with Gasteiger partial charge < -0.3 is 14.4 Å². The summed E-state index contributed by atoms with van der Waals surface area (Å²) in [6.07, 6.45) is 0.938. The second kappa shape index (κ2) is 6.68. The van der Waals surface area contributed by atoms with Crippen LogP contribution in [-0.2, 0) is 27.3 Å². The zero-order valence-corrected chi connectivity index (χ0v) is 11.6. The largest absolute Gasteiger partial charge is 0.372 e. The van der Waals surface area contributed by atoms with Crippen LogP contribution in [0.1, 0.15) is 18.1 Å². The fourth-order valence-electron chi connectivity index (χ4n) is 2.23. The molecule has 0 aromatic heterocycles. The van der Waals surface area contributed by atoms with Gasteiger partial charge in [-0.15, -0.1) is 0 Å². The van der Waals surface area contributed by atoms with Gasteiger partial charge in [-0.1, -0.05) is 24.3 Å². The lowest BCUT2D eigenvalue weighted by Crippen LogP contribution is -2.39. The van der Waals surface area contributed by atoms with Crippen LogP contribution in [0.25, 0.3) is 0 Å². The SMILES string of the molecule is CCOCC(=O)N(C)C[C@H]1Cc2ccccc2CO1. The molecule has 0 saturated carbocycles. The fraction of sp³-hybridized carbons (Fsp3) is 0.533. The summed E-state index contributed by atoms with van der Waals surface area (Å²) in [6, 6.07) is 8.30. The van der Waals surface area contributed by atoms with E-state index in [0.717, 1.165) is 6.42 Å². The molecule has 0 fully saturated rings. The second-order valence-electron chi connectivity index (χ2n) is 4.82. The first-order valence-corrected chi connectivity index (χ1v) is 6.70. The number of hydrogen-bond donors (Lipinski definition) is 0. The van der Waals surface area contributed by atoms with E-state index in [9.17, 15) is 4.79 Å². The van der Waals surface area contributed by atoms with E-state index >= 15 is 0 Å². The standard InChI is InChI=1S/C15H21NO3/c1-3-18-11-15(17)16(2)9-14-8-12-6-4-5-7-13(12)10-19-14/h4-7,14H,3,8-11H2,1-2H3/t14-/m1/s1.